The SMILES string of the molecule is COC[C@@H](C)Nc1ccn(C)n1. The number of hydrogen-bond acceptors (Lipinski definition) is 3. The van der Waals surface area contributed by atoms with Crippen LogP contribution in [0, 0.1) is 0 Å². The second-order valence-corrected chi connectivity index (χ2v) is 2.88. The maximum Gasteiger partial charge on any atom is 0.148 e. The van der Waals surface area contributed by atoms with Crippen molar-refractivity contribution in [3.05, 3.63) is 12.3 Å². The van der Waals surface area contributed by atoms with Gasteiger partial charge in [-0.05, 0) is 6.92 Å². The first-order valence-electron chi connectivity index (χ1n) is 3.97. The Morgan fingerprint density at radius 2 is 2.50 bits per heavy atom. The molecule has 0 saturated heterocycles. The summed E-state index contributed by atoms with van der Waals surface area (Å²) in [6.07, 6.45) is 1.90. The third-order valence-corrected chi connectivity index (χ3v) is 1.52. The van der Waals surface area contributed by atoms with Gasteiger partial charge in [-0.1, -0.05) is 0 Å². The molecule has 0 aliphatic rings. The third kappa shape index (κ3) is 2.54. The lowest BCUT2D eigenvalue weighted by Gasteiger charge is -2.10. The molecule has 0 aliphatic carbocycles. The molecule has 4 heteroatoms. The van der Waals surface area contributed by atoms with Crippen LogP contribution in [0.2, 0.25) is 0 Å². The zero-order valence-corrected chi connectivity index (χ0v) is 7.74. The van der Waals surface area contributed by atoms with E-state index < -0.39 is 0 Å². The molecule has 1 N–H and O–H groups in total. The quantitative estimate of drug-likeness (QED) is 0.726. The van der Waals surface area contributed by atoms with E-state index in [0.29, 0.717) is 12.6 Å². The standard InChI is InChI=1S/C8H15N3O/c1-7(6-12-3)9-8-4-5-11(2)10-8/h4-5,7H,6H2,1-3H3,(H,9,10)/t7-/m1/s1. The van der Waals surface area contributed by atoms with Crippen LogP contribution in [-0.4, -0.2) is 29.5 Å². The van der Waals surface area contributed by atoms with Gasteiger partial charge in [-0.15, -0.1) is 0 Å². The van der Waals surface area contributed by atoms with Crippen LogP contribution in [0.1, 0.15) is 6.92 Å². The van der Waals surface area contributed by atoms with Gasteiger partial charge in [0, 0.05) is 32.5 Å². The number of nitrogens with one attached hydrogen (secondary N) is 1. The lowest BCUT2D eigenvalue weighted by atomic mass is 10.3. The fraction of sp³-hybridized carbons (Fsp3) is 0.625. The molecule has 0 saturated carbocycles. The molecule has 0 fully saturated rings. The third-order valence-electron chi connectivity index (χ3n) is 1.52. The second-order valence-electron chi connectivity index (χ2n) is 2.88. The number of ether oxygens (including phenoxy) is 1. The zero-order valence-electron chi connectivity index (χ0n) is 7.74. The summed E-state index contributed by atoms with van der Waals surface area (Å²) in [6, 6.07) is 2.23. The van der Waals surface area contributed by atoms with Crippen LogP contribution in [0.15, 0.2) is 12.3 Å². The van der Waals surface area contributed by atoms with E-state index in [0.717, 1.165) is 5.82 Å². The molecule has 0 aliphatic heterocycles. The van der Waals surface area contributed by atoms with Crippen LogP contribution < -0.4 is 5.32 Å². The normalized spacial score (nSPS) is 12.9. The van der Waals surface area contributed by atoms with Gasteiger partial charge in [0.25, 0.3) is 0 Å². The van der Waals surface area contributed by atoms with Gasteiger partial charge in [-0.3, -0.25) is 4.68 Å². The highest BCUT2D eigenvalue weighted by Gasteiger charge is 2.01. The summed E-state index contributed by atoms with van der Waals surface area (Å²) in [7, 11) is 3.59. The summed E-state index contributed by atoms with van der Waals surface area (Å²) in [5, 5.41) is 7.39. The first kappa shape index (κ1) is 9.06. The summed E-state index contributed by atoms with van der Waals surface area (Å²) in [6.45, 7) is 2.74. The number of aromatic nitrogens is 2. The molecule has 0 radical (unpaired) electrons. The maximum atomic E-state index is 4.99. The lowest BCUT2D eigenvalue weighted by molar-refractivity contribution is 0.190. The van der Waals surface area contributed by atoms with Crippen LogP contribution in [-0.2, 0) is 11.8 Å². The molecule has 1 aromatic heterocycles. The number of hydrogen-bond donors (Lipinski definition) is 1. The fourth-order valence-electron chi connectivity index (χ4n) is 1.04. The number of aryl methyl sites for hydroxylation is 1. The molecule has 0 unspecified atom stereocenters. The molecular formula is C8H15N3O. The van der Waals surface area contributed by atoms with E-state index in [1.807, 2.05) is 19.3 Å². The predicted molar refractivity (Wildman–Crippen MR) is 48.2 cm³/mol. The summed E-state index contributed by atoms with van der Waals surface area (Å²) in [5.41, 5.74) is 0. The number of anilines is 1. The molecule has 12 heavy (non-hydrogen) atoms. The van der Waals surface area contributed by atoms with Gasteiger partial charge >= 0.3 is 0 Å². The second kappa shape index (κ2) is 4.11. The van der Waals surface area contributed by atoms with Gasteiger partial charge in [-0.2, -0.15) is 5.10 Å². The first-order chi connectivity index (χ1) is 5.72. The fourth-order valence-corrected chi connectivity index (χ4v) is 1.04. The maximum absolute atomic E-state index is 4.99. The van der Waals surface area contributed by atoms with E-state index >= 15 is 0 Å². The van der Waals surface area contributed by atoms with Crippen molar-refractivity contribution in [2.45, 2.75) is 13.0 Å². The van der Waals surface area contributed by atoms with Gasteiger partial charge in [0.1, 0.15) is 5.82 Å². The van der Waals surface area contributed by atoms with Crippen molar-refractivity contribution >= 4 is 5.82 Å². The summed E-state index contributed by atoms with van der Waals surface area (Å²) in [4.78, 5) is 0. The van der Waals surface area contributed by atoms with E-state index in [1.165, 1.54) is 0 Å². The highest BCUT2D eigenvalue weighted by atomic mass is 16.5. The van der Waals surface area contributed by atoms with Crippen molar-refractivity contribution < 1.29 is 4.74 Å². The topological polar surface area (TPSA) is 39.1 Å². The van der Waals surface area contributed by atoms with Gasteiger partial charge in [0.2, 0.25) is 0 Å². The predicted octanol–water partition coefficient (Wildman–Crippen LogP) is 0.867. The van der Waals surface area contributed by atoms with Crippen LogP contribution in [0.4, 0.5) is 5.82 Å². The number of nitrogens with zero attached hydrogens (tertiary/aromatic N) is 2. The largest absolute Gasteiger partial charge is 0.383 e. The molecule has 0 aromatic carbocycles. The minimum Gasteiger partial charge on any atom is -0.383 e. The Bertz CT molecular complexity index is 234. The molecule has 0 amide bonds. The average molecular weight is 169 g/mol. The van der Waals surface area contributed by atoms with E-state index in [2.05, 4.69) is 17.3 Å². The Kier molecular flexibility index (Phi) is 3.10. The van der Waals surface area contributed by atoms with Crippen molar-refractivity contribution in [2.75, 3.05) is 19.0 Å². The Morgan fingerprint density at radius 1 is 1.75 bits per heavy atom. The molecule has 68 valence electrons. The molecule has 0 bridgehead atoms. The zero-order chi connectivity index (χ0) is 8.97. The summed E-state index contributed by atoms with van der Waals surface area (Å²) >= 11 is 0. The average Bonchev–Trinajstić information content (AvgIpc) is 2.36. The van der Waals surface area contributed by atoms with Crippen molar-refractivity contribution in [3.63, 3.8) is 0 Å². The van der Waals surface area contributed by atoms with Crippen molar-refractivity contribution in [2.24, 2.45) is 7.05 Å². The minimum absolute atomic E-state index is 0.296. The van der Waals surface area contributed by atoms with Gasteiger partial charge in [0.15, 0.2) is 0 Å². The Labute approximate surface area is 72.5 Å². The Balaban J connectivity index is 2.41. The molecule has 4 nitrogen and oxygen atoms in total. The molecule has 0 spiro atoms. The summed E-state index contributed by atoms with van der Waals surface area (Å²) < 4.78 is 6.75. The van der Waals surface area contributed by atoms with Crippen LogP contribution in [0.3, 0.4) is 0 Å². The van der Waals surface area contributed by atoms with Crippen molar-refractivity contribution in [3.8, 4) is 0 Å². The molecule has 1 rings (SSSR count). The minimum atomic E-state index is 0.296. The molecule has 1 atom stereocenters. The summed E-state index contributed by atoms with van der Waals surface area (Å²) in [5.74, 6) is 0.891. The van der Waals surface area contributed by atoms with E-state index in [4.69, 9.17) is 4.74 Å². The van der Waals surface area contributed by atoms with E-state index in [-0.39, 0.29) is 0 Å². The Morgan fingerprint density at radius 3 is 3.00 bits per heavy atom. The highest BCUT2D eigenvalue weighted by Crippen LogP contribution is 2.02. The first-order valence-corrected chi connectivity index (χ1v) is 3.97. The lowest BCUT2D eigenvalue weighted by Crippen LogP contribution is -2.21. The molecule has 1 aromatic rings. The Hall–Kier alpha value is -1.03. The monoisotopic (exact) mass is 169 g/mol. The van der Waals surface area contributed by atoms with Crippen LogP contribution in [0.25, 0.3) is 0 Å². The van der Waals surface area contributed by atoms with Crippen LogP contribution in [0.5, 0.6) is 0 Å². The van der Waals surface area contributed by atoms with Crippen molar-refractivity contribution in [1.82, 2.24) is 9.78 Å². The molecule has 1 heterocycles. The smallest absolute Gasteiger partial charge is 0.148 e. The number of methoxy groups -OCH3 is 1. The van der Waals surface area contributed by atoms with E-state index in [1.54, 1.807) is 11.8 Å². The van der Waals surface area contributed by atoms with Gasteiger partial charge < -0.3 is 10.1 Å². The molecular weight excluding hydrogens is 154 g/mol. The van der Waals surface area contributed by atoms with Gasteiger partial charge in [0.05, 0.1) is 6.61 Å². The highest BCUT2D eigenvalue weighted by molar-refractivity contribution is 5.33. The van der Waals surface area contributed by atoms with E-state index in [9.17, 15) is 0 Å². The van der Waals surface area contributed by atoms with Crippen molar-refractivity contribution in [1.29, 1.82) is 0 Å². The van der Waals surface area contributed by atoms with Gasteiger partial charge in [-0.25, -0.2) is 0 Å². The number of rotatable bonds is 4. The van der Waals surface area contributed by atoms with Crippen LogP contribution >= 0.6 is 0 Å².